The van der Waals surface area contributed by atoms with Gasteiger partial charge in [0.05, 0.1) is 18.8 Å². The van der Waals surface area contributed by atoms with Crippen molar-refractivity contribution in [1.82, 2.24) is 30.2 Å². The maximum absolute atomic E-state index is 4.73. The van der Waals surface area contributed by atoms with Gasteiger partial charge in [0.25, 0.3) is 0 Å². The highest BCUT2D eigenvalue weighted by Gasteiger charge is 2.12. The Balaban J connectivity index is 0.00000320. The van der Waals surface area contributed by atoms with E-state index in [1.165, 1.54) is 30.6 Å². The minimum atomic E-state index is 0. The van der Waals surface area contributed by atoms with E-state index in [0.29, 0.717) is 13.1 Å². The zero-order chi connectivity index (χ0) is 20.5. The van der Waals surface area contributed by atoms with Crippen LogP contribution in [0.15, 0.2) is 41.5 Å². The largest absolute Gasteiger partial charge is 0.357 e. The first-order chi connectivity index (χ1) is 14.1. The third-order valence-electron chi connectivity index (χ3n) is 5.36. The quantitative estimate of drug-likeness (QED) is 0.331. The van der Waals surface area contributed by atoms with E-state index < -0.39 is 0 Å². The molecule has 1 aromatic heterocycles. The third-order valence-corrected chi connectivity index (χ3v) is 5.36. The molecule has 0 amide bonds. The van der Waals surface area contributed by atoms with Crippen molar-refractivity contribution in [2.24, 2.45) is 12.0 Å². The smallest absolute Gasteiger partial charge is 0.191 e. The van der Waals surface area contributed by atoms with Crippen molar-refractivity contribution in [1.29, 1.82) is 0 Å². The molecule has 1 saturated heterocycles. The number of rotatable bonds is 7. The molecule has 0 spiro atoms. The Labute approximate surface area is 197 Å². The molecule has 3 rings (SSSR count). The van der Waals surface area contributed by atoms with Crippen LogP contribution in [-0.4, -0.2) is 65.3 Å². The summed E-state index contributed by atoms with van der Waals surface area (Å²) in [7, 11) is 4.17. The van der Waals surface area contributed by atoms with Gasteiger partial charge < -0.3 is 15.5 Å². The number of hydrogen-bond acceptors (Lipinski definition) is 4. The minimum Gasteiger partial charge on any atom is -0.357 e. The van der Waals surface area contributed by atoms with Gasteiger partial charge in [0.15, 0.2) is 5.96 Å². The molecule has 8 heteroatoms. The average molecular weight is 525 g/mol. The van der Waals surface area contributed by atoms with Gasteiger partial charge in [-0.2, -0.15) is 5.10 Å². The molecule has 1 fully saturated rings. The van der Waals surface area contributed by atoms with Gasteiger partial charge in [0.1, 0.15) is 0 Å². The molecule has 2 heterocycles. The number of likely N-dealkylation sites (N-methyl/N-ethyl adjacent to an activating group) is 1. The third kappa shape index (κ3) is 7.88. The van der Waals surface area contributed by atoms with Crippen LogP contribution >= 0.6 is 24.0 Å². The average Bonchev–Trinajstić information content (AvgIpc) is 3.02. The number of aliphatic imine (C=N–C) groups is 1. The lowest BCUT2D eigenvalue weighted by atomic mass is 10.1. The molecule has 0 unspecified atom stereocenters. The van der Waals surface area contributed by atoms with Crippen LogP contribution < -0.4 is 10.6 Å². The molecule has 1 aliphatic rings. The van der Waals surface area contributed by atoms with Gasteiger partial charge in [-0.15, -0.1) is 24.0 Å². The molecular weight excluding hydrogens is 489 g/mol. The van der Waals surface area contributed by atoms with Crippen LogP contribution in [0.5, 0.6) is 0 Å². The normalized spacial score (nSPS) is 16.0. The summed E-state index contributed by atoms with van der Waals surface area (Å²) in [6.07, 6.45) is 3.06. The first-order valence-corrected chi connectivity index (χ1v) is 10.6. The van der Waals surface area contributed by atoms with Crippen LogP contribution in [0.1, 0.15) is 30.2 Å². The molecule has 2 aromatic rings. The van der Waals surface area contributed by atoms with Crippen molar-refractivity contribution in [3.8, 4) is 0 Å². The Kier molecular flexibility index (Phi) is 10.6. The van der Waals surface area contributed by atoms with E-state index in [4.69, 9.17) is 4.99 Å². The first-order valence-electron chi connectivity index (χ1n) is 10.6. The Morgan fingerprint density at radius 3 is 2.47 bits per heavy atom. The predicted octanol–water partition coefficient (Wildman–Crippen LogP) is 2.43. The van der Waals surface area contributed by atoms with E-state index in [-0.39, 0.29) is 24.0 Å². The lowest BCUT2D eigenvalue weighted by Crippen LogP contribution is -2.37. The molecular formula is C22H36IN7. The van der Waals surface area contributed by atoms with E-state index in [2.05, 4.69) is 63.8 Å². The highest BCUT2D eigenvalue weighted by molar-refractivity contribution is 14.0. The summed E-state index contributed by atoms with van der Waals surface area (Å²) in [6, 6.07) is 10.9. The van der Waals surface area contributed by atoms with E-state index in [1.807, 2.05) is 24.0 Å². The topological polar surface area (TPSA) is 60.7 Å². The summed E-state index contributed by atoms with van der Waals surface area (Å²) in [5, 5.41) is 10.9. The van der Waals surface area contributed by atoms with E-state index >= 15 is 0 Å². The van der Waals surface area contributed by atoms with Gasteiger partial charge in [0, 0.05) is 39.4 Å². The van der Waals surface area contributed by atoms with Crippen molar-refractivity contribution < 1.29 is 0 Å². The van der Waals surface area contributed by atoms with Gasteiger partial charge in [-0.25, -0.2) is 4.99 Å². The summed E-state index contributed by atoms with van der Waals surface area (Å²) in [5.74, 6) is 0.825. The van der Waals surface area contributed by atoms with Gasteiger partial charge in [-0.3, -0.25) is 9.58 Å². The van der Waals surface area contributed by atoms with Crippen LogP contribution in [0, 0.1) is 0 Å². The molecule has 0 atom stereocenters. The Bertz CT molecular complexity index is 772. The number of hydrogen-bond donors (Lipinski definition) is 2. The van der Waals surface area contributed by atoms with Crippen LogP contribution in [-0.2, 0) is 26.7 Å². The highest BCUT2D eigenvalue weighted by Crippen LogP contribution is 2.11. The van der Waals surface area contributed by atoms with Gasteiger partial charge >= 0.3 is 0 Å². The summed E-state index contributed by atoms with van der Waals surface area (Å²) < 4.78 is 1.87. The fraction of sp³-hybridized carbons (Fsp3) is 0.545. The lowest BCUT2D eigenvalue weighted by Gasteiger charge is -2.20. The number of halogens is 1. The molecule has 166 valence electrons. The summed E-state index contributed by atoms with van der Waals surface area (Å²) in [6.45, 7) is 10.0. The van der Waals surface area contributed by atoms with E-state index in [1.54, 1.807) is 0 Å². The van der Waals surface area contributed by atoms with Crippen molar-refractivity contribution in [3.05, 3.63) is 53.3 Å². The molecule has 2 N–H and O–H groups in total. The van der Waals surface area contributed by atoms with Gasteiger partial charge in [0.2, 0.25) is 0 Å². The molecule has 7 nitrogen and oxygen atoms in total. The SMILES string of the molecule is CCNC(=NCc1ccc(CN2CCCN(C)CC2)cc1)NCc1ccnn1C.I. The maximum Gasteiger partial charge on any atom is 0.191 e. The van der Waals surface area contributed by atoms with Crippen molar-refractivity contribution in [3.63, 3.8) is 0 Å². The zero-order valence-corrected chi connectivity index (χ0v) is 20.8. The molecule has 0 saturated carbocycles. The summed E-state index contributed by atoms with van der Waals surface area (Å²) in [4.78, 5) is 9.71. The monoisotopic (exact) mass is 525 g/mol. The maximum atomic E-state index is 4.73. The first kappa shape index (κ1) is 24.6. The fourth-order valence-electron chi connectivity index (χ4n) is 3.53. The standard InChI is InChI=1S/C22H35N7.HI/c1-4-23-22(25-17-21-10-11-26-28(21)3)24-16-19-6-8-20(9-7-19)18-29-13-5-12-27(2)14-15-29;/h6-11H,4-5,12-18H2,1-3H3,(H2,23,24,25);1H. The summed E-state index contributed by atoms with van der Waals surface area (Å²) >= 11 is 0. The zero-order valence-electron chi connectivity index (χ0n) is 18.5. The Hall–Kier alpha value is -1.65. The number of benzene rings is 1. The van der Waals surface area contributed by atoms with Crippen LogP contribution in [0.25, 0.3) is 0 Å². The molecule has 0 radical (unpaired) electrons. The van der Waals surface area contributed by atoms with E-state index in [9.17, 15) is 0 Å². The van der Waals surface area contributed by atoms with Crippen LogP contribution in [0.3, 0.4) is 0 Å². The minimum absolute atomic E-state index is 0. The Morgan fingerprint density at radius 2 is 1.77 bits per heavy atom. The van der Waals surface area contributed by atoms with Crippen molar-refractivity contribution >= 4 is 29.9 Å². The molecule has 1 aliphatic heterocycles. The number of guanidine groups is 1. The molecule has 1 aromatic carbocycles. The number of nitrogens with one attached hydrogen (secondary N) is 2. The van der Waals surface area contributed by atoms with Crippen LogP contribution in [0.4, 0.5) is 0 Å². The second kappa shape index (κ2) is 12.9. The second-order valence-electron chi connectivity index (χ2n) is 7.74. The lowest BCUT2D eigenvalue weighted by molar-refractivity contribution is 0.269. The Morgan fingerprint density at radius 1 is 1.00 bits per heavy atom. The molecule has 0 bridgehead atoms. The van der Waals surface area contributed by atoms with Crippen LogP contribution in [0.2, 0.25) is 0 Å². The number of aromatic nitrogens is 2. The van der Waals surface area contributed by atoms with Gasteiger partial charge in [-0.05, 0) is 50.7 Å². The van der Waals surface area contributed by atoms with Crippen molar-refractivity contribution in [2.75, 3.05) is 39.8 Å². The number of aryl methyl sites for hydroxylation is 1. The van der Waals surface area contributed by atoms with E-state index in [0.717, 1.165) is 37.8 Å². The number of nitrogens with zero attached hydrogens (tertiary/aromatic N) is 5. The predicted molar refractivity (Wildman–Crippen MR) is 134 cm³/mol. The summed E-state index contributed by atoms with van der Waals surface area (Å²) in [5.41, 5.74) is 3.73. The fourth-order valence-corrected chi connectivity index (χ4v) is 3.53. The molecule has 30 heavy (non-hydrogen) atoms. The molecule has 0 aliphatic carbocycles. The highest BCUT2D eigenvalue weighted by atomic mass is 127. The van der Waals surface area contributed by atoms with Crippen molar-refractivity contribution in [2.45, 2.75) is 33.0 Å². The second-order valence-corrected chi connectivity index (χ2v) is 7.74. The van der Waals surface area contributed by atoms with Gasteiger partial charge in [-0.1, -0.05) is 24.3 Å².